The maximum atomic E-state index is 12.0. The molecule has 0 saturated heterocycles. The van der Waals surface area contributed by atoms with E-state index in [0.29, 0.717) is 17.6 Å². The van der Waals surface area contributed by atoms with Crippen molar-refractivity contribution >= 4 is 11.9 Å². The fourth-order valence-electron chi connectivity index (χ4n) is 1.85. The number of carbonyl (C=O) groups excluding carboxylic acids is 2. The number of ether oxygens (including phenoxy) is 1. The summed E-state index contributed by atoms with van der Waals surface area (Å²) in [6.07, 6.45) is 3.57. The lowest BCUT2D eigenvalue weighted by atomic mass is 10.4. The number of likely N-dealkylation sites (N-methyl/N-ethyl adjacent to an activating group) is 1. The first-order chi connectivity index (χ1) is 8.54. The van der Waals surface area contributed by atoms with Crippen molar-refractivity contribution in [3.63, 3.8) is 0 Å². The van der Waals surface area contributed by atoms with Crippen LogP contribution < -0.4 is 0 Å². The molecule has 18 heavy (non-hydrogen) atoms. The number of nitrogens with zero attached hydrogens (tertiary/aromatic N) is 3. The molecule has 1 saturated carbocycles. The molecule has 0 aromatic carbocycles. The minimum atomic E-state index is -0.475. The van der Waals surface area contributed by atoms with Crippen molar-refractivity contribution in [1.29, 1.82) is 0 Å². The van der Waals surface area contributed by atoms with Gasteiger partial charge in [-0.1, -0.05) is 0 Å². The van der Waals surface area contributed by atoms with Gasteiger partial charge in [0, 0.05) is 13.1 Å². The molecule has 1 amide bonds. The number of rotatable bonds is 4. The van der Waals surface area contributed by atoms with Gasteiger partial charge in [0.25, 0.3) is 0 Å². The molecule has 1 aliphatic rings. The predicted octanol–water partition coefficient (Wildman–Crippen LogP) is 0.599. The van der Waals surface area contributed by atoms with Crippen LogP contribution in [0.4, 0.5) is 0 Å². The van der Waals surface area contributed by atoms with Crippen LogP contribution in [0.15, 0.2) is 6.20 Å². The molecule has 6 nitrogen and oxygen atoms in total. The zero-order valence-corrected chi connectivity index (χ0v) is 10.8. The third-order valence-corrected chi connectivity index (χ3v) is 3.23. The Balaban J connectivity index is 2.14. The van der Waals surface area contributed by atoms with E-state index in [0.717, 1.165) is 12.8 Å². The van der Waals surface area contributed by atoms with Crippen molar-refractivity contribution in [1.82, 2.24) is 14.5 Å². The smallest absolute Gasteiger partial charge is 0.356 e. The lowest BCUT2D eigenvalue weighted by Crippen LogP contribution is -2.33. The van der Waals surface area contributed by atoms with Gasteiger partial charge in [0.15, 0.2) is 0 Å². The number of methoxy groups -OCH3 is 1. The number of carbonyl (C=O) groups is 2. The van der Waals surface area contributed by atoms with Crippen molar-refractivity contribution in [3.05, 3.63) is 17.7 Å². The minimum absolute atomic E-state index is 0.0104. The van der Waals surface area contributed by atoms with Crippen molar-refractivity contribution in [2.45, 2.75) is 32.4 Å². The van der Waals surface area contributed by atoms with Gasteiger partial charge in [-0.25, -0.2) is 9.78 Å². The number of hydrogen-bond acceptors (Lipinski definition) is 4. The number of imidazole rings is 1. The Hall–Kier alpha value is -1.85. The van der Waals surface area contributed by atoms with Gasteiger partial charge in [-0.15, -0.1) is 0 Å². The molecule has 98 valence electrons. The second-order valence-electron chi connectivity index (χ2n) is 4.50. The van der Waals surface area contributed by atoms with Crippen LogP contribution in [-0.2, 0) is 16.1 Å². The summed E-state index contributed by atoms with van der Waals surface area (Å²) in [6, 6.07) is 0.364. The first kappa shape index (κ1) is 12.6. The average molecular weight is 251 g/mol. The van der Waals surface area contributed by atoms with Gasteiger partial charge in [0.05, 0.1) is 13.3 Å². The van der Waals surface area contributed by atoms with Crippen LogP contribution in [-0.4, -0.2) is 46.5 Å². The molecule has 0 atom stereocenters. The van der Waals surface area contributed by atoms with Crippen LogP contribution >= 0.6 is 0 Å². The molecule has 1 aromatic rings. The fraction of sp³-hybridized carbons (Fsp3) is 0.583. The second kappa shape index (κ2) is 4.80. The standard InChI is InChI=1S/C12H17N3O3/c1-8-13-6-10(12(17)18-3)15(8)7-11(16)14(2)9-4-5-9/h6,9H,4-5,7H2,1-3H3. The lowest BCUT2D eigenvalue weighted by molar-refractivity contribution is -0.131. The summed E-state index contributed by atoms with van der Waals surface area (Å²) in [4.78, 5) is 29.4. The molecular weight excluding hydrogens is 234 g/mol. The zero-order valence-electron chi connectivity index (χ0n) is 10.8. The van der Waals surface area contributed by atoms with Gasteiger partial charge < -0.3 is 14.2 Å². The number of esters is 1. The van der Waals surface area contributed by atoms with E-state index in [4.69, 9.17) is 0 Å². The highest BCUT2D eigenvalue weighted by molar-refractivity contribution is 5.88. The number of aromatic nitrogens is 2. The SMILES string of the molecule is COC(=O)c1cnc(C)n1CC(=O)N(C)C1CC1. The molecule has 1 heterocycles. The van der Waals surface area contributed by atoms with E-state index in [1.165, 1.54) is 13.3 Å². The Labute approximate surface area is 106 Å². The summed E-state index contributed by atoms with van der Waals surface area (Å²) < 4.78 is 6.26. The van der Waals surface area contributed by atoms with E-state index in [-0.39, 0.29) is 12.5 Å². The van der Waals surface area contributed by atoms with Crippen molar-refractivity contribution in [3.8, 4) is 0 Å². The minimum Gasteiger partial charge on any atom is -0.464 e. The Morgan fingerprint density at radius 1 is 1.56 bits per heavy atom. The monoisotopic (exact) mass is 251 g/mol. The van der Waals surface area contributed by atoms with E-state index in [1.807, 2.05) is 0 Å². The fourth-order valence-corrected chi connectivity index (χ4v) is 1.85. The average Bonchev–Trinajstić information content (AvgIpc) is 3.14. The van der Waals surface area contributed by atoms with E-state index >= 15 is 0 Å². The summed E-state index contributed by atoms with van der Waals surface area (Å²) in [6.45, 7) is 1.89. The normalized spacial score (nSPS) is 14.4. The maximum Gasteiger partial charge on any atom is 0.356 e. The summed E-state index contributed by atoms with van der Waals surface area (Å²) in [7, 11) is 3.11. The van der Waals surface area contributed by atoms with Crippen LogP contribution in [0.5, 0.6) is 0 Å². The largest absolute Gasteiger partial charge is 0.464 e. The Kier molecular flexibility index (Phi) is 3.36. The molecule has 1 fully saturated rings. The molecule has 6 heteroatoms. The van der Waals surface area contributed by atoms with Gasteiger partial charge in [-0.3, -0.25) is 4.79 Å². The molecule has 1 aromatic heterocycles. The van der Waals surface area contributed by atoms with E-state index in [2.05, 4.69) is 9.72 Å². The summed E-state index contributed by atoms with van der Waals surface area (Å²) >= 11 is 0. The van der Waals surface area contributed by atoms with Crippen molar-refractivity contribution in [2.75, 3.05) is 14.2 Å². The Morgan fingerprint density at radius 2 is 2.22 bits per heavy atom. The first-order valence-electron chi connectivity index (χ1n) is 5.90. The third-order valence-electron chi connectivity index (χ3n) is 3.23. The highest BCUT2D eigenvalue weighted by Gasteiger charge is 2.30. The summed E-state index contributed by atoms with van der Waals surface area (Å²) in [5.74, 6) is 0.147. The van der Waals surface area contributed by atoms with Gasteiger partial charge in [-0.2, -0.15) is 0 Å². The number of hydrogen-bond donors (Lipinski definition) is 0. The van der Waals surface area contributed by atoms with Gasteiger partial charge in [0.1, 0.15) is 18.1 Å². The van der Waals surface area contributed by atoms with Crippen molar-refractivity contribution < 1.29 is 14.3 Å². The highest BCUT2D eigenvalue weighted by Crippen LogP contribution is 2.25. The molecule has 0 bridgehead atoms. The molecular formula is C12H17N3O3. The summed E-state index contributed by atoms with van der Waals surface area (Å²) in [5, 5.41) is 0. The van der Waals surface area contributed by atoms with E-state index in [1.54, 1.807) is 23.4 Å². The Morgan fingerprint density at radius 3 is 2.78 bits per heavy atom. The summed E-state index contributed by atoms with van der Waals surface area (Å²) in [5.41, 5.74) is 0.313. The van der Waals surface area contributed by atoms with Crippen LogP contribution in [0.2, 0.25) is 0 Å². The molecule has 1 aliphatic carbocycles. The molecule has 0 aliphatic heterocycles. The number of amides is 1. The molecule has 0 N–H and O–H groups in total. The zero-order chi connectivity index (χ0) is 13.3. The van der Waals surface area contributed by atoms with Gasteiger partial charge >= 0.3 is 5.97 Å². The van der Waals surface area contributed by atoms with Crippen molar-refractivity contribution in [2.24, 2.45) is 0 Å². The van der Waals surface area contributed by atoms with Crippen LogP contribution in [0.25, 0.3) is 0 Å². The predicted molar refractivity (Wildman–Crippen MR) is 64.1 cm³/mol. The molecule has 0 spiro atoms. The molecule has 0 unspecified atom stereocenters. The van der Waals surface area contributed by atoms with E-state index in [9.17, 15) is 9.59 Å². The first-order valence-corrected chi connectivity index (χ1v) is 5.90. The molecule has 2 rings (SSSR count). The lowest BCUT2D eigenvalue weighted by Gasteiger charge is -2.17. The van der Waals surface area contributed by atoms with Gasteiger partial charge in [-0.05, 0) is 19.8 Å². The highest BCUT2D eigenvalue weighted by atomic mass is 16.5. The Bertz CT molecular complexity index is 477. The van der Waals surface area contributed by atoms with Crippen LogP contribution in [0.1, 0.15) is 29.2 Å². The third kappa shape index (κ3) is 2.37. The van der Waals surface area contributed by atoms with E-state index < -0.39 is 5.97 Å². The second-order valence-corrected chi connectivity index (χ2v) is 4.50. The molecule has 0 radical (unpaired) electrons. The van der Waals surface area contributed by atoms with Crippen LogP contribution in [0.3, 0.4) is 0 Å². The topological polar surface area (TPSA) is 64.4 Å². The van der Waals surface area contributed by atoms with Crippen LogP contribution in [0, 0.1) is 6.92 Å². The van der Waals surface area contributed by atoms with Gasteiger partial charge in [0.2, 0.25) is 5.91 Å². The maximum absolute atomic E-state index is 12.0. The number of aryl methyl sites for hydroxylation is 1. The quantitative estimate of drug-likeness (QED) is 0.735.